The van der Waals surface area contributed by atoms with Crippen LogP contribution in [0.15, 0.2) is 71.6 Å². The van der Waals surface area contributed by atoms with Gasteiger partial charge in [-0.2, -0.15) is 0 Å². The second kappa shape index (κ2) is 10.6. The number of carbonyl (C=O) groups is 1. The van der Waals surface area contributed by atoms with Gasteiger partial charge >= 0.3 is 0 Å². The third-order valence-electron chi connectivity index (χ3n) is 6.18. The number of sulfone groups is 1. The number of halogens is 1. The zero-order chi connectivity index (χ0) is 25.9. The minimum atomic E-state index is -3.26. The van der Waals surface area contributed by atoms with E-state index in [9.17, 15) is 13.2 Å². The highest BCUT2D eigenvalue weighted by molar-refractivity contribution is 7.90. The molecule has 0 aliphatic carbocycles. The summed E-state index contributed by atoms with van der Waals surface area (Å²) in [6.07, 6.45) is 2.77. The summed E-state index contributed by atoms with van der Waals surface area (Å²) in [5.74, 6) is 1.70. The molecule has 3 aromatic carbocycles. The third-order valence-corrected chi connectivity index (χ3v) is 7.54. The number of carbonyl (C=O) groups excluding carboxylic acids is 1. The molecular weight excluding hydrogens is 500 g/mol. The van der Waals surface area contributed by atoms with Crippen LogP contribution in [0.5, 0.6) is 11.5 Å². The molecule has 4 aromatic rings. The lowest BCUT2D eigenvalue weighted by Crippen LogP contribution is -2.35. The summed E-state index contributed by atoms with van der Waals surface area (Å²) < 4.78 is 33.3. The van der Waals surface area contributed by atoms with Crippen molar-refractivity contribution in [2.75, 3.05) is 27.0 Å². The monoisotopic (exact) mass is 526 g/mol. The molecule has 0 radical (unpaired) electrons. The van der Waals surface area contributed by atoms with E-state index in [1.807, 2.05) is 42.5 Å². The van der Waals surface area contributed by atoms with Gasteiger partial charge in [-0.05, 0) is 72.1 Å². The van der Waals surface area contributed by atoms with Crippen molar-refractivity contribution in [3.05, 3.63) is 88.6 Å². The number of ether oxygens (including phenoxy) is 2. The molecule has 36 heavy (non-hydrogen) atoms. The van der Waals surface area contributed by atoms with Crippen LogP contribution in [0.3, 0.4) is 0 Å². The lowest BCUT2D eigenvalue weighted by atomic mass is 9.93. The number of aromatic amines is 1. The minimum Gasteiger partial charge on any atom is -0.497 e. The van der Waals surface area contributed by atoms with Gasteiger partial charge in [-0.3, -0.25) is 4.79 Å². The molecular formula is C27H27ClN2O5S. The van der Waals surface area contributed by atoms with Crippen molar-refractivity contribution in [3.8, 4) is 11.5 Å². The zero-order valence-corrected chi connectivity index (χ0v) is 21.8. The molecule has 5 rings (SSSR count). The van der Waals surface area contributed by atoms with Gasteiger partial charge in [0.15, 0.2) is 9.84 Å². The van der Waals surface area contributed by atoms with Gasteiger partial charge in [-0.25, -0.2) is 8.42 Å². The van der Waals surface area contributed by atoms with Crippen molar-refractivity contribution in [1.29, 1.82) is 0 Å². The highest BCUT2D eigenvalue weighted by atomic mass is 35.5. The molecule has 0 saturated carbocycles. The van der Waals surface area contributed by atoms with Crippen LogP contribution < -0.4 is 9.47 Å². The molecule has 0 bridgehead atoms. The fourth-order valence-corrected chi connectivity index (χ4v) is 5.16. The molecule has 7 nitrogen and oxygen atoms in total. The van der Waals surface area contributed by atoms with Crippen molar-refractivity contribution in [2.24, 2.45) is 0 Å². The number of hydrogen-bond donors (Lipinski definition) is 1. The number of amides is 1. The first-order chi connectivity index (χ1) is 17.2. The van der Waals surface area contributed by atoms with E-state index in [0.29, 0.717) is 11.6 Å². The summed E-state index contributed by atoms with van der Waals surface area (Å²) >= 11 is 6.15. The molecule has 1 aliphatic rings. The van der Waals surface area contributed by atoms with Gasteiger partial charge in [0.2, 0.25) is 6.41 Å². The first-order valence-corrected chi connectivity index (χ1v) is 13.5. The summed E-state index contributed by atoms with van der Waals surface area (Å²) in [5, 5.41) is 1.74. The number of nitrogens with one attached hydrogen (secondary N) is 1. The van der Waals surface area contributed by atoms with Crippen LogP contribution in [0.1, 0.15) is 22.9 Å². The lowest BCUT2D eigenvalue weighted by molar-refractivity contribution is -0.120. The Morgan fingerprint density at radius 3 is 2.11 bits per heavy atom. The van der Waals surface area contributed by atoms with E-state index in [1.54, 1.807) is 43.4 Å². The Morgan fingerprint density at radius 1 is 0.972 bits per heavy atom. The van der Waals surface area contributed by atoms with Gasteiger partial charge in [0, 0.05) is 34.4 Å². The Labute approximate surface area is 215 Å². The molecule has 1 aromatic heterocycles. The molecule has 0 saturated heterocycles. The average Bonchev–Trinajstić information content (AvgIpc) is 3.25. The van der Waals surface area contributed by atoms with Crippen molar-refractivity contribution in [3.63, 3.8) is 0 Å². The normalized spacial score (nSPS) is 15.0. The van der Waals surface area contributed by atoms with Crippen LogP contribution in [0.4, 0.5) is 0 Å². The Bertz CT molecular complexity index is 1440. The van der Waals surface area contributed by atoms with Crippen LogP contribution in [0.25, 0.3) is 10.9 Å². The van der Waals surface area contributed by atoms with Gasteiger partial charge in [0.25, 0.3) is 0 Å². The maximum absolute atomic E-state index is 11.7. The van der Waals surface area contributed by atoms with E-state index >= 15 is 0 Å². The summed E-state index contributed by atoms with van der Waals surface area (Å²) in [4.78, 5) is 17.1. The Kier molecular flexibility index (Phi) is 7.56. The molecule has 188 valence electrons. The molecule has 1 N–H and O–H groups in total. The van der Waals surface area contributed by atoms with E-state index in [2.05, 4.69) is 4.98 Å². The lowest BCUT2D eigenvalue weighted by Gasteiger charge is -2.33. The predicted molar refractivity (Wildman–Crippen MR) is 141 cm³/mol. The van der Waals surface area contributed by atoms with E-state index < -0.39 is 9.84 Å². The molecule has 1 atom stereocenters. The smallest absolute Gasteiger partial charge is 0.210 e. The van der Waals surface area contributed by atoms with E-state index in [-0.39, 0.29) is 10.9 Å². The highest BCUT2D eigenvalue weighted by Gasteiger charge is 2.31. The summed E-state index contributed by atoms with van der Waals surface area (Å²) in [6.45, 7) is 0.592. The molecule has 1 aliphatic heterocycles. The quantitative estimate of drug-likeness (QED) is 0.368. The molecule has 1 amide bonds. The van der Waals surface area contributed by atoms with E-state index in [1.165, 1.54) is 6.26 Å². The maximum Gasteiger partial charge on any atom is 0.210 e. The second-order valence-electron chi connectivity index (χ2n) is 8.42. The number of benzene rings is 3. The van der Waals surface area contributed by atoms with E-state index in [0.717, 1.165) is 52.1 Å². The number of fused-ring (bicyclic) bond motifs is 3. The topological polar surface area (TPSA) is 88.7 Å². The largest absolute Gasteiger partial charge is 0.497 e. The number of rotatable bonds is 5. The number of hydrogen-bond acceptors (Lipinski definition) is 5. The molecule has 0 fully saturated rings. The molecule has 2 heterocycles. The summed E-state index contributed by atoms with van der Waals surface area (Å²) in [6, 6.07) is 19.6. The van der Waals surface area contributed by atoms with Gasteiger partial charge < -0.3 is 19.4 Å². The molecule has 1 unspecified atom stereocenters. The number of nitrogens with zero attached hydrogens (tertiary/aromatic N) is 1. The van der Waals surface area contributed by atoms with Crippen LogP contribution in [-0.4, -0.2) is 51.7 Å². The van der Waals surface area contributed by atoms with Crippen molar-refractivity contribution < 1.29 is 22.7 Å². The predicted octanol–water partition coefficient (Wildman–Crippen LogP) is 5.03. The first-order valence-electron chi connectivity index (χ1n) is 11.2. The van der Waals surface area contributed by atoms with Gasteiger partial charge in [0.05, 0.1) is 25.2 Å². The first kappa shape index (κ1) is 25.6. The Hall–Kier alpha value is -3.49. The Morgan fingerprint density at radius 2 is 1.58 bits per heavy atom. The number of methoxy groups -OCH3 is 2. The fourth-order valence-electron chi connectivity index (χ4n) is 4.36. The highest BCUT2D eigenvalue weighted by Crippen LogP contribution is 2.38. The third kappa shape index (κ3) is 5.34. The van der Waals surface area contributed by atoms with Crippen LogP contribution in [0, 0.1) is 0 Å². The van der Waals surface area contributed by atoms with Crippen LogP contribution in [0.2, 0.25) is 5.02 Å². The van der Waals surface area contributed by atoms with Gasteiger partial charge in [0.1, 0.15) is 11.5 Å². The van der Waals surface area contributed by atoms with Crippen LogP contribution in [-0.2, 0) is 21.1 Å². The Balaban J connectivity index is 0.000000256. The minimum absolute atomic E-state index is 0.262. The van der Waals surface area contributed by atoms with Crippen LogP contribution >= 0.6 is 11.6 Å². The standard InChI is InChI=1S/C19H17ClN2O3S.C8H10O2/c1-26(24,25)14-5-2-12(3-6-14)19-18-15(8-9-22(19)11-23)16-10-13(20)4-7-17(16)21-18;1-9-7-3-5-8(10-2)6-4-7/h2-7,10-11,19,21H,8-9H2,1H3;3-6H,1-2H3. The number of H-pyrrole nitrogens is 1. The van der Waals surface area contributed by atoms with Crippen molar-refractivity contribution in [2.45, 2.75) is 17.4 Å². The molecule has 9 heteroatoms. The maximum atomic E-state index is 11.7. The number of aromatic nitrogens is 1. The molecule has 0 spiro atoms. The van der Waals surface area contributed by atoms with E-state index in [4.69, 9.17) is 21.1 Å². The van der Waals surface area contributed by atoms with Crippen molar-refractivity contribution >= 4 is 38.8 Å². The van der Waals surface area contributed by atoms with Gasteiger partial charge in [-0.1, -0.05) is 23.7 Å². The average molecular weight is 527 g/mol. The summed E-state index contributed by atoms with van der Waals surface area (Å²) in [5.41, 5.74) is 3.94. The van der Waals surface area contributed by atoms with Gasteiger partial charge in [-0.15, -0.1) is 0 Å². The zero-order valence-electron chi connectivity index (χ0n) is 20.2. The summed E-state index contributed by atoms with van der Waals surface area (Å²) in [7, 11) is 0.0206. The fraction of sp³-hybridized carbons (Fsp3) is 0.222. The van der Waals surface area contributed by atoms with Crippen molar-refractivity contribution in [1.82, 2.24) is 9.88 Å². The second-order valence-corrected chi connectivity index (χ2v) is 10.9. The SMILES string of the molecule is COc1ccc(OC)cc1.CS(=O)(=O)c1ccc(C2c3[nH]c4ccc(Cl)cc4c3CCN2C=O)cc1.